The second-order valence-electron chi connectivity index (χ2n) is 4.91. The zero-order valence-electron chi connectivity index (χ0n) is 10.00. The van der Waals surface area contributed by atoms with E-state index in [0.717, 1.165) is 6.54 Å². The van der Waals surface area contributed by atoms with E-state index in [1.807, 2.05) is 6.92 Å². The lowest BCUT2D eigenvalue weighted by molar-refractivity contribution is 0.172. The van der Waals surface area contributed by atoms with Crippen LogP contribution >= 0.6 is 0 Å². The first-order valence-electron chi connectivity index (χ1n) is 6.03. The Hall–Kier alpha value is -0.590. The van der Waals surface area contributed by atoms with Gasteiger partial charge in [-0.1, -0.05) is 19.8 Å². The van der Waals surface area contributed by atoms with Crippen LogP contribution in [0.1, 0.15) is 46.0 Å². The highest BCUT2D eigenvalue weighted by Gasteiger charge is 2.26. The molecule has 2 N–H and O–H groups in total. The fourth-order valence-corrected chi connectivity index (χ4v) is 2.36. The van der Waals surface area contributed by atoms with Gasteiger partial charge in [0.15, 0.2) is 0 Å². The van der Waals surface area contributed by atoms with E-state index in [2.05, 4.69) is 17.9 Å². The molecule has 0 radical (unpaired) electrons. The molecule has 1 saturated heterocycles. The van der Waals surface area contributed by atoms with E-state index >= 15 is 0 Å². The minimum absolute atomic E-state index is 0.628. The summed E-state index contributed by atoms with van der Waals surface area (Å²) in [5.74, 6) is 0. The summed E-state index contributed by atoms with van der Waals surface area (Å²) in [6, 6.07) is 2.82. The third-order valence-corrected chi connectivity index (χ3v) is 3.26. The lowest BCUT2D eigenvalue weighted by atomic mass is 10.0. The van der Waals surface area contributed by atoms with Gasteiger partial charge >= 0.3 is 0 Å². The van der Waals surface area contributed by atoms with Gasteiger partial charge in [-0.15, -0.1) is 0 Å². The molecule has 1 aliphatic rings. The first-order valence-corrected chi connectivity index (χ1v) is 6.03. The van der Waals surface area contributed by atoms with E-state index in [-0.39, 0.29) is 0 Å². The molecule has 1 rings (SSSR count). The molecule has 3 nitrogen and oxygen atoms in total. The Bertz CT molecular complexity index is 230. The maximum atomic E-state index is 8.95. The van der Waals surface area contributed by atoms with Crippen LogP contribution in [0.3, 0.4) is 0 Å². The van der Waals surface area contributed by atoms with Crippen molar-refractivity contribution >= 4 is 0 Å². The van der Waals surface area contributed by atoms with Crippen molar-refractivity contribution in [2.24, 2.45) is 5.73 Å². The quantitative estimate of drug-likeness (QED) is 0.772. The number of hydrogen-bond donors (Lipinski definition) is 1. The van der Waals surface area contributed by atoms with E-state index in [0.29, 0.717) is 12.6 Å². The van der Waals surface area contributed by atoms with Gasteiger partial charge < -0.3 is 5.73 Å². The van der Waals surface area contributed by atoms with Crippen LogP contribution in [0, 0.1) is 11.3 Å². The van der Waals surface area contributed by atoms with Crippen molar-refractivity contribution in [3.05, 3.63) is 0 Å². The summed E-state index contributed by atoms with van der Waals surface area (Å²) in [5.41, 5.74) is 5.22. The molecule has 0 bridgehead atoms. The zero-order chi connectivity index (χ0) is 11.3. The molecule has 86 valence electrons. The van der Waals surface area contributed by atoms with Gasteiger partial charge in [0.2, 0.25) is 0 Å². The minimum atomic E-state index is -0.697. The second-order valence-corrected chi connectivity index (χ2v) is 4.91. The maximum Gasteiger partial charge on any atom is 0.114 e. The zero-order valence-corrected chi connectivity index (χ0v) is 10.00. The minimum Gasteiger partial charge on any atom is -0.313 e. The molecule has 0 saturated carbocycles. The van der Waals surface area contributed by atoms with Gasteiger partial charge in [0.25, 0.3) is 0 Å². The van der Waals surface area contributed by atoms with Crippen molar-refractivity contribution in [3.8, 4) is 6.07 Å². The van der Waals surface area contributed by atoms with Crippen molar-refractivity contribution in [3.63, 3.8) is 0 Å². The van der Waals surface area contributed by atoms with Gasteiger partial charge in [-0.05, 0) is 32.7 Å². The first kappa shape index (κ1) is 12.5. The number of rotatable bonds is 3. The predicted molar refractivity (Wildman–Crippen MR) is 62.3 cm³/mol. The summed E-state index contributed by atoms with van der Waals surface area (Å²) < 4.78 is 0. The molecule has 0 aliphatic carbocycles. The highest BCUT2D eigenvalue weighted by Crippen LogP contribution is 2.20. The summed E-state index contributed by atoms with van der Waals surface area (Å²) in [5, 5.41) is 8.95. The second kappa shape index (κ2) is 5.48. The van der Waals surface area contributed by atoms with Crippen LogP contribution < -0.4 is 5.73 Å². The number of nitrogens with two attached hydrogens (primary N) is 1. The van der Waals surface area contributed by atoms with E-state index in [4.69, 9.17) is 11.0 Å². The fraction of sp³-hybridized carbons (Fsp3) is 0.917. The van der Waals surface area contributed by atoms with Crippen molar-refractivity contribution in [2.75, 3.05) is 13.1 Å². The van der Waals surface area contributed by atoms with Crippen molar-refractivity contribution in [2.45, 2.75) is 57.5 Å². The van der Waals surface area contributed by atoms with Crippen LogP contribution in [0.5, 0.6) is 0 Å². The highest BCUT2D eigenvalue weighted by atomic mass is 15.2. The number of likely N-dealkylation sites (tertiary alicyclic amines) is 1. The van der Waals surface area contributed by atoms with Crippen molar-refractivity contribution in [1.82, 2.24) is 4.90 Å². The lowest BCUT2D eigenvalue weighted by Gasteiger charge is -2.33. The maximum absolute atomic E-state index is 8.95. The van der Waals surface area contributed by atoms with Gasteiger partial charge in [-0.25, -0.2) is 0 Å². The molecule has 1 fully saturated rings. The van der Waals surface area contributed by atoms with Crippen molar-refractivity contribution in [1.29, 1.82) is 5.26 Å². The summed E-state index contributed by atoms with van der Waals surface area (Å²) in [6.07, 6.45) is 6.32. The van der Waals surface area contributed by atoms with E-state index < -0.39 is 5.54 Å². The van der Waals surface area contributed by atoms with E-state index in [1.165, 1.54) is 32.1 Å². The standard InChI is InChI=1S/C12H23N3/c1-3-11-7-5-4-6-8-15(11)10-12(2,14)9-13/h11H,3-8,10,14H2,1-2H3. The Balaban J connectivity index is 2.60. The van der Waals surface area contributed by atoms with Gasteiger partial charge in [-0.2, -0.15) is 5.26 Å². The molecule has 0 aromatic rings. The largest absolute Gasteiger partial charge is 0.313 e. The fourth-order valence-electron chi connectivity index (χ4n) is 2.36. The summed E-state index contributed by atoms with van der Waals surface area (Å²) in [6.45, 7) is 5.86. The first-order chi connectivity index (χ1) is 7.09. The Morgan fingerprint density at radius 1 is 1.47 bits per heavy atom. The summed E-state index contributed by atoms with van der Waals surface area (Å²) in [7, 11) is 0. The van der Waals surface area contributed by atoms with E-state index in [1.54, 1.807) is 0 Å². The Kier molecular flexibility index (Phi) is 4.56. The highest BCUT2D eigenvalue weighted by molar-refractivity contribution is 5.03. The van der Waals surface area contributed by atoms with Crippen LogP contribution in [0.15, 0.2) is 0 Å². The molecule has 0 amide bonds. The summed E-state index contributed by atoms with van der Waals surface area (Å²) in [4.78, 5) is 2.41. The molecular formula is C12H23N3. The number of nitriles is 1. The van der Waals surface area contributed by atoms with Crippen LogP contribution in [0.2, 0.25) is 0 Å². The third-order valence-electron chi connectivity index (χ3n) is 3.26. The van der Waals surface area contributed by atoms with Crippen LogP contribution in [0.25, 0.3) is 0 Å². The molecule has 0 aromatic heterocycles. The SMILES string of the molecule is CCC1CCCCCN1CC(C)(N)C#N. The smallest absolute Gasteiger partial charge is 0.114 e. The molecule has 0 spiro atoms. The van der Waals surface area contributed by atoms with Gasteiger partial charge in [0.1, 0.15) is 5.54 Å². The molecule has 15 heavy (non-hydrogen) atoms. The molecule has 2 unspecified atom stereocenters. The average molecular weight is 209 g/mol. The normalized spacial score (nSPS) is 27.7. The number of hydrogen-bond acceptors (Lipinski definition) is 3. The molecular weight excluding hydrogens is 186 g/mol. The lowest BCUT2D eigenvalue weighted by Crippen LogP contribution is -2.49. The molecule has 0 aromatic carbocycles. The summed E-state index contributed by atoms with van der Waals surface area (Å²) >= 11 is 0. The van der Waals surface area contributed by atoms with Crippen LogP contribution in [0.4, 0.5) is 0 Å². The number of nitrogens with zero attached hydrogens (tertiary/aromatic N) is 2. The molecule has 1 aliphatic heterocycles. The Morgan fingerprint density at radius 2 is 2.20 bits per heavy atom. The average Bonchev–Trinajstić information content (AvgIpc) is 2.42. The monoisotopic (exact) mass is 209 g/mol. The van der Waals surface area contributed by atoms with Gasteiger partial charge in [0, 0.05) is 12.6 Å². The van der Waals surface area contributed by atoms with Crippen LogP contribution in [-0.2, 0) is 0 Å². The van der Waals surface area contributed by atoms with E-state index in [9.17, 15) is 0 Å². The topological polar surface area (TPSA) is 53.0 Å². The Morgan fingerprint density at radius 3 is 2.80 bits per heavy atom. The molecule has 1 heterocycles. The van der Waals surface area contributed by atoms with Gasteiger partial charge in [0.05, 0.1) is 6.07 Å². The van der Waals surface area contributed by atoms with Crippen molar-refractivity contribution < 1.29 is 0 Å². The molecule has 2 atom stereocenters. The van der Waals surface area contributed by atoms with Crippen LogP contribution in [-0.4, -0.2) is 29.6 Å². The Labute approximate surface area is 93.2 Å². The molecule has 3 heteroatoms. The predicted octanol–water partition coefficient (Wildman–Crippen LogP) is 1.88. The van der Waals surface area contributed by atoms with Gasteiger partial charge in [-0.3, -0.25) is 4.90 Å². The third kappa shape index (κ3) is 3.81.